The second kappa shape index (κ2) is 12.5. The molecule has 0 spiro atoms. The van der Waals surface area contributed by atoms with Gasteiger partial charge >= 0.3 is 5.97 Å². The summed E-state index contributed by atoms with van der Waals surface area (Å²) in [4.78, 5) is 11.0. The van der Waals surface area contributed by atoms with Gasteiger partial charge < -0.3 is 14.8 Å². The largest absolute Gasteiger partial charge is 0.466 e. The Hall–Kier alpha value is -0.610. The van der Waals surface area contributed by atoms with E-state index in [1.54, 1.807) is 0 Å². The fraction of sp³-hybridized carbons (Fsp3) is 0.917. The molecule has 0 atom stereocenters. The van der Waals surface area contributed by atoms with Crippen molar-refractivity contribution < 1.29 is 14.3 Å². The molecule has 0 aliphatic carbocycles. The van der Waals surface area contributed by atoms with E-state index in [2.05, 4.69) is 12.2 Å². The molecule has 0 radical (unpaired) electrons. The smallest absolute Gasteiger partial charge is 0.305 e. The highest BCUT2D eigenvalue weighted by Gasteiger charge is 1.99. The van der Waals surface area contributed by atoms with Gasteiger partial charge in [-0.05, 0) is 26.3 Å². The van der Waals surface area contributed by atoms with Crippen LogP contribution in [0.5, 0.6) is 0 Å². The number of unbranched alkanes of at least 4 members (excludes halogenated alkanes) is 1. The van der Waals surface area contributed by atoms with Crippen LogP contribution in [0.15, 0.2) is 0 Å². The number of nitrogens with one attached hydrogen (secondary N) is 1. The van der Waals surface area contributed by atoms with Crippen LogP contribution in [-0.4, -0.2) is 38.9 Å². The van der Waals surface area contributed by atoms with Crippen molar-refractivity contribution in [2.45, 2.75) is 39.5 Å². The molecule has 0 rings (SSSR count). The molecule has 4 heteroatoms. The zero-order valence-electron chi connectivity index (χ0n) is 10.6. The first-order valence-electron chi connectivity index (χ1n) is 6.25. The van der Waals surface area contributed by atoms with Gasteiger partial charge in [0.1, 0.15) is 0 Å². The lowest BCUT2D eigenvalue weighted by molar-refractivity contribution is -0.143. The maximum Gasteiger partial charge on any atom is 0.305 e. The highest BCUT2D eigenvalue weighted by Crippen LogP contribution is 1.91. The maximum atomic E-state index is 11.0. The van der Waals surface area contributed by atoms with Crippen molar-refractivity contribution in [3.63, 3.8) is 0 Å². The Labute approximate surface area is 98.7 Å². The van der Waals surface area contributed by atoms with Gasteiger partial charge in [-0.1, -0.05) is 13.3 Å². The van der Waals surface area contributed by atoms with E-state index >= 15 is 0 Å². The van der Waals surface area contributed by atoms with Gasteiger partial charge in [0.15, 0.2) is 0 Å². The second-order valence-electron chi connectivity index (χ2n) is 3.62. The predicted octanol–water partition coefficient (Wildman–Crippen LogP) is 1.74. The number of hydrogen-bond donors (Lipinski definition) is 1. The van der Waals surface area contributed by atoms with E-state index in [0.717, 1.165) is 39.1 Å². The highest BCUT2D eigenvalue weighted by molar-refractivity contribution is 5.69. The average Bonchev–Trinajstić information content (AvgIpc) is 2.27. The van der Waals surface area contributed by atoms with Crippen LogP contribution in [0.3, 0.4) is 0 Å². The molecule has 0 heterocycles. The first kappa shape index (κ1) is 15.4. The number of carbonyl (C=O) groups excluding carboxylic acids is 1. The van der Waals surface area contributed by atoms with Crippen LogP contribution in [0.2, 0.25) is 0 Å². The zero-order valence-corrected chi connectivity index (χ0v) is 10.6. The Morgan fingerprint density at radius 1 is 1.12 bits per heavy atom. The van der Waals surface area contributed by atoms with Crippen molar-refractivity contribution in [2.24, 2.45) is 0 Å². The van der Waals surface area contributed by atoms with E-state index in [-0.39, 0.29) is 5.97 Å². The van der Waals surface area contributed by atoms with E-state index in [4.69, 9.17) is 9.47 Å². The molecule has 0 aliphatic rings. The zero-order chi connectivity index (χ0) is 12.1. The number of esters is 1. The number of rotatable bonds is 11. The molecular weight excluding hydrogens is 206 g/mol. The predicted molar refractivity (Wildman–Crippen MR) is 64.5 cm³/mol. The van der Waals surface area contributed by atoms with E-state index in [1.807, 2.05) is 6.92 Å². The lowest BCUT2D eigenvalue weighted by Gasteiger charge is -2.05. The molecule has 0 saturated heterocycles. The summed E-state index contributed by atoms with van der Waals surface area (Å²) >= 11 is 0. The Balaban J connectivity index is 3.01. The van der Waals surface area contributed by atoms with E-state index in [1.165, 1.54) is 6.42 Å². The summed E-state index contributed by atoms with van der Waals surface area (Å²) in [6, 6.07) is 0. The number of ether oxygens (including phenoxy) is 2. The third-order valence-electron chi connectivity index (χ3n) is 2.11. The van der Waals surface area contributed by atoms with Gasteiger partial charge in [0, 0.05) is 19.6 Å². The van der Waals surface area contributed by atoms with Gasteiger partial charge in [-0.3, -0.25) is 4.79 Å². The van der Waals surface area contributed by atoms with E-state index < -0.39 is 0 Å². The molecule has 0 saturated carbocycles. The topological polar surface area (TPSA) is 47.6 Å². The summed E-state index contributed by atoms with van der Waals surface area (Å²) in [6.45, 7) is 7.74. The van der Waals surface area contributed by atoms with Crippen LogP contribution in [0.25, 0.3) is 0 Å². The first-order valence-corrected chi connectivity index (χ1v) is 6.25. The second-order valence-corrected chi connectivity index (χ2v) is 3.62. The van der Waals surface area contributed by atoms with Crippen molar-refractivity contribution >= 4 is 5.97 Å². The normalized spacial score (nSPS) is 10.4. The van der Waals surface area contributed by atoms with Crippen LogP contribution in [0.1, 0.15) is 39.5 Å². The summed E-state index contributed by atoms with van der Waals surface area (Å²) in [5.41, 5.74) is 0. The van der Waals surface area contributed by atoms with Crippen molar-refractivity contribution in [2.75, 3.05) is 32.9 Å². The third kappa shape index (κ3) is 11.5. The van der Waals surface area contributed by atoms with Crippen molar-refractivity contribution in [3.8, 4) is 0 Å². The van der Waals surface area contributed by atoms with Gasteiger partial charge in [-0.15, -0.1) is 0 Å². The molecule has 0 aromatic heterocycles. The average molecular weight is 231 g/mol. The highest BCUT2D eigenvalue weighted by atomic mass is 16.5. The van der Waals surface area contributed by atoms with Crippen LogP contribution >= 0.6 is 0 Å². The van der Waals surface area contributed by atoms with Crippen molar-refractivity contribution in [1.29, 1.82) is 0 Å². The van der Waals surface area contributed by atoms with Crippen molar-refractivity contribution in [3.05, 3.63) is 0 Å². The summed E-state index contributed by atoms with van der Waals surface area (Å²) in [5, 5.41) is 3.23. The third-order valence-corrected chi connectivity index (χ3v) is 2.11. The quantitative estimate of drug-likeness (QED) is 0.434. The van der Waals surface area contributed by atoms with E-state index in [9.17, 15) is 4.79 Å². The standard InChI is InChI=1S/C12H25NO3/c1-3-5-10-15-11-9-13-8-6-7-12(14)16-4-2/h13H,3-11H2,1-2H3. The van der Waals surface area contributed by atoms with Crippen LogP contribution in [-0.2, 0) is 14.3 Å². The van der Waals surface area contributed by atoms with Crippen LogP contribution in [0.4, 0.5) is 0 Å². The summed E-state index contributed by atoms with van der Waals surface area (Å²) in [5.74, 6) is -0.108. The SMILES string of the molecule is CCCCOCCNCCCC(=O)OCC. The first-order chi connectivity index (χ1) is 7.81. The number of hydrogen-bond acceptors (Lipinski definition) is 4. The minimum atomic E-state index is -0.108. The fourth-order valence-electron chi connectivity index (χ4n) is 1.21. The lowest BCUT2D eigenvalue weighted by Crippen LogP contribution is -2.21. The molecule has 0 amide bonds. The Morgan fingerprint density at radius 2 is 1.94 bits per heavy atom. The molecule has 0 bridgehead atoms. The molecule has 4 nitrogen and oxygen atoms in total. The summed E-state index contributed by atoms with van der Waals surface area (Å²) in [6.07, 6.45) is 3.63. The van der Waals surface area contributed by atoms with Gasteiger partial charge in [0.05, 0.1) is 13.2 Å². The maximum absolute atomic E-state index is 11.0. The molecule has 0 aromatic carbocycles. The lowest BCUT2D eigenvalue weighted by atomic mass is 10.3. The van der Waals surface area contributed by atoms with Crippen LogP contribution < -0.4 is 5.32 Å². The van der Waals surface area contributed by atoms with Gasteiger partial charge in [-0.25, -0.2) is 0 Å². The van der Waals surface area contributed by atoms with Gasteiger partial charge in [-0.2, -0.15) is 0 Å². The van der Waals surface area contributed by atoms with E-state index in [0.29, 0.717) is 13.0 Å². The van der Waals surface area contributed by atoms with Gasteiger partial charge in [0.2, 0.25) is 0 Å². The Kier molecular flexibility index (Phi) is 12.0. The molecular formula is C12H25NO3. The monoisotopic (exact) mass is 231 g/mol. The summed E-state index contributed by atoms with van der Waals surface area (Å²) < 4.78 is 10.2. The molecule has 0 fully saturated rings. The summed E-state index contributed by atoms with van der Waals surface area (Å²) in [7, 11) is 0. The molecule has 1 N–H and O–H groups in total. The van der Waals surface area contributed by atoms with Crippen LogP contribution in [0, 0.1) is 0 Å². The molecule has 96 valence electrons. The number of carbonyl (C=O) groups is 1. The Bertz CT molecular complexity index is 162. The van der Waals surface area contributed by atoms with Gasteiger partial charge in [0.25, 0.3) is 0 Å². The molecule has 0 aromatic rings. The van der Waals surface area contributed by atoms with Crippen molar-refractivity contribution in [1.82, 2.24) is 5.32 Å². The minimum absolute atomic E-state index is 0.108. The molecule has 16 heavy (non-hydrogen) atoms. The fourth-order valence-corrected chi connectivity index (χ4v) is 1.21. The Morgan fingerprint density at radius 3 is 2.62 bits per heavy atom. The molecule has 0 unspecified atom stereocenters. The minimum Gasteiger partial charge on any atom is -0.466 e. The molecule has 0 aliphatic heterocycles.